The molecule has 0 unspecified atom stereocenters. The molecular weight excluding hydrogens is 448 g/mol. The van der Waals surface area contributed by atoms with E-state index in [0.717, 1.165) is 12.2 Å². The molecule has 5 atom stereocenters. The smallest absolute Gasteiger partial charge is 0.338 e. The number of benzene rings is 1. The Balaban J connectivity index is 1.48. The van der Waals surface area contributed by atoms with Gasteiger partial charge in [-0.2, -0.15) is 0 Å². The van der Waals surface area contributed by atoms with Crippen LogP contribution in [0.1, 0.15) is 102 Å². The van der Waals surface area contributed by atoms with Crippen molar-refractivity contribution in [3.8, 4) is 0 Å². The van der Waals surface area contributed by atoms with E-state index in [4.69, 9.17) is 18.9 Å². The van der Waals surface area contributed by atoms with Gasteiger partial charge in [0.25, 0.3) is 0 Å². The summed E-state index contributed by atoms with van der Waals surface area (Å²) >= 11 is 1.74. The number of unbranched alkanes of at least 4 members (excludes halogenated alkanes) is 9. The van der Waals surface area contributed by atoms with E-state index in [0.29, 0.717) is 5.56 Å². The van der Waals surface area contributed by atoms with Crippen LogP contribution in [0.5, 0.6) is 0 Å². The summed E-state index contributed by atoms with van der Waals surface area (Å²) in [7, 11) is 0. The Morgan fingerprint density at radius 3 is 2.15 bits per heavy atom. The molecule has 5 nitrogen and oxygen atoms in total. The normalized spacial score (nSPS) is 27.9. The lowest BCUT2D eigenvalue weighted by Gasteiger charge is -2.40. The number of hydrogen-bond donors (Lipinski definition) is 0. The van der Waals surface area contributed by atoms with E-state index in [1.54, 1.807) is 23.9 Å². The molecule has 0 aliphatic carbocycles. The standard InChI is InChI=1S/C28H44O5S/c1-5-6-7-8-9-10-11-12-13-17-20-34-27-25(31-26(29)22-18-15-14-16-19-22)24-23(21(2)30-27)32-28(3,4)33-24/h14-16,18-19,21,23-25,27H,5-13,17,20H2,1-4H3/t21-,23+,24+,25-,27+/m1/s1. The summed E-state index contributed by atoms with van der Waals surface area (Å²) in [5, 5.41) is 0. The van der Waals surface area contributed by atoms with Gasteiger partial charge < -0.3 is 18.9 Å². The Kier molecular flexibility index (Phi) is 11.2. The second-order valence-electron chi connectivity index (χ2n) is 10.1. The average Bonchev–Trinajstić information content (AvgIpc) is 3.16. The number of rotatable bonds is 14. The molecule has 1 aromatic carbocycles. The van der Waals surface area contributed by atoms with Gasteiger partial charge >= 0.3 is 5.97 Å². The molecule has 1 aromatic rings. The molecule has 34 heavy (non-hydrogen) atoms. The van der Waals surface area contributed by atoms with Crippen LogP contribution in [0.2, 0.25) is 0 Å². The number of thioether (sulfide) groups is 1. The first kappa shape index (κ1) is 27.5. The van der Waals surface area contributed by atoms with Crippen LogP contribution in [0.4, 0.5) is 0 Å². The second-order valence-corrected chi connectivity index (χ2v) is 11.3. The first-order valence-electron chi connectivity index (χ1n) is 13.3. The van der Waals surface area contributed by atoms with Gasteiger partial charge in [-0.3, -0.25) is 0 Å². The highest BCUT2D eigenvalue weighted by Crippen LogP contribution is 2.41. The van der Waals surface area contributed by atoms with Crippen molar-refractivity contribution in [1.29, 1.82) is 0 Å². The summed E-state index contributed by atoms with van der Waals surface area (Å²) in [5.41, 5.74) is 0.272. The van der Waals surface area contributed by atoms with Crippen LogP contribution in [-0.4, -0.2) is 47.4 Å². The van der Waals surface area contributed by atoms with Crippen LogP contribution in [-0.2, 0) is 18.9 Å². The summed E-state index contributed by atoms with van der Waals surface area (Å²) in [6, 6.07) is 9.12. The summed E-state index contributed by atoms with van der Waals surface area (Å²) in [6.45, 7) is 8.09. The van der Waals surface area contributed by atoms with Gasteiger partial charge in [0.2, 0.25) is 0 Å². The summed E-state index contributed by atoms with van der Waals surface area (Å²) < 4.78 is 24.6. The van der Waals surface area contributed by atoms with Crippen LogP contribution in [0.15, 0.2) is 30.3 Å². The first-order valence-corrected chi connectivity index (χ1v) is 14.3. The van der Waals surface area contributed by atoms with E-state index >= 15 is 0 Å². The molecule has 2 aliphatic rings. The quantitative estimate of drug-likeness (QED) is 0.203. The molecule has 2 fully saturated rings. The zero-order valence-electron chi connectivity index (χ0n) is 21.5. The second kappa shape index (κ2) is 13.9. The summed E-state index contributed by atoms with van der Waals surface area (Å²) in [5.74, 6) is -0.0876. The van der Waals surface area contributed by atoms with E-state index in [9.17, 15) is 4.79 Å². The molecule has 6 heteroatoms. The Hall–Kier alpha value is -1.08. The molecule has 2 heterocycles. The lowest BCUT2D eigenvalue weighted by atomic mass is 10.0. The van der Waals surface area contributed by atoms with Crippen molar-refractivity contribution >= 4 is 17.7 Å². The number of fused-ring (bicyclic) bond motifs is 1. The van der Waals surface area contributed by atoms with Gasteiger partial charge in [0, 0.05) is 0 Å². The maximum Gasteiger partial charge on any atom is 0.338 e. The average molecular weight is 493 g/mol. The fraction of sp³-hybridized carbons (Fsp3) is 0.750. The topological polar surface area (TPSA) is 54.0 Å². The van der Waals surface area contributed by atoms with Crippen molar-refractivity contribution < 1.29 is 23.7 Å². The van der Waals surface area contributed by atoms with Crippen LogP contribution < -0.4 is 0 Å². The lowest BCUT2D eigenvalue weighted by Crippen LogP contribution is -2.55. The van der Waals surface area contributed by atoms with E-state index < -0.39 is 11.9 Å². The van der Waals surface area contributed by atoms with Gasteiger partial charge in [0.1, 0.15) is 17.6 Å². The monoisotopic (exact) mass is 492 g/mol. The van der Waals surface area contributed by atoms with E-state index in [2.05, 4.69) is 6.92 Å². The SMILES string of the molecule is CCCCCCCCCCCCS[C@@H]1O[C@H](C)[C@@H]2OC(C)(C)O[C@@H]2[C@H]1OC(=O)c1ccccc1. The molecule has 192 valence electrons. The minimum absolute atomic E-state index is 0.122. The van der Waals surface area contributed by atoms with Gasteiger partial charge in [0.15, 0.2) is 11.9 Å². The summed E-state index contributed by atoms with van der Waals surface area (Å²) in [6.07, 6.45) is 12.0. The highest BCUT2D eigenvalue weighted by atomic mass is 32.2. The van der Waals surface area contributed by atoms with Crippen LogP contribution in [0.25, 0.3) is 0 Å². The number of esters is 1. The van der Waals surface area contributed by atoms with Gasteiger partial charge in [-0.25, -0.2) is 4.79 Å². The highest BCUT2D eigenvalue weighted by Gasteiger charge is 2.55. The third kappa shape index (κ3) is 8.25. The van der Waals surface area contributed by atoms with Crippen LogP contribution >= 0.6 is 11.8 Å². The molecule has 3 rings (SSSR count). The van der Waals surface area contributed by atoms with Crippen LogP contribution in [0, 0.1) is 0 Å². The van der Waals surface area contributed by atoms with Gasteiger partial charge in [-0.1, -0.05) is 82.9 Å². The molecule has 0 saturated carbocycles. The Morgan fingerprint density at radius 2 is 1.50 bits per heavy atom. The largest absolute Gasteiger partial charge is 0.452 e. The van der Waals surface area contributed by atoms with Crippen molar-refractivity contribution in [2.24, 2.45) is 0 Å². The summed E-state index contributed by atoms with van der Waals surface area (Å²) in [4.78, 5) is 12.9. The van der Waals surface area contributed by atoms with E-state index in [1.807, 2.05) is 39.0 Å². The molecule has 2 saturated heterocycles. The third-order valence-electron chi connectivity index (χ3n) is 6.60. The molecule has 0 N–H and O–H groups in total. The number of hydrogen-bond acceptors (Lipinski definition) is 6. The molecule has 0 spiro atoms. The predicted octanol–water partition coefficient (Wildman–Crippen LogP) is 7.13. The Morgan fingerprint density at radius 1 is 0.912 bits per heavy atom. The molecule has 0 aromatic heterocycles. The van der Waals surface area contributed by atoms with Gasteiger partial charge in [-0.15, -0.1) is 11.8 Å². The van der Waals surface area contributed by atoms with Gasteiger partial charge in [-0.05, 0) is 45.1 Å². The van der Waals surface area contributed by atoms with Crippen molar-refractivity contribution in [2.75, 3.05) is 5.75 Å². The number of carbonyl (C=O) groups excluding carboxylic acids is 1. The highest BCUT2D eigenvalue weighted by molar-refractivity contribution is 7.99. The minimum Gasteiger partial charge on any atom is -0.452 e. The van der Waals surface area contributed by atoms with Crippen molar-refractivity contribution in [1.82, 2.24) is 0 Å². The molecular formula is C28H44O5S. The molecule has 2 aliphatic heterocycles. The third-order valence-corrected chi connectivity index (χ3v) is 7.83. The van der Waals surface area contributed by atoms with Crippen molar-refractivity contribution in [2.45, 2.75) is 128 Å². The zero-order valence-corrected chi connectivity index (χ0v) is 22.3. The zero-order chi connectivity index (χ0) is 24.4. The Bertz CT molecular complexity index is 725. The predicted molar refractivity (Wildman–Crippen MR) is 138 cm³/mol. The maximum absolute atomic E-state index is 12.9. The lowest BCUT2D eigenvalue weighted by molar-refractivity contribution is -0.154. The molecule has 0 amide bonds. The maximum atomic E-state index is 12.9. The van der Waals surface area contributed by atoms with E-state index in [-0.39, 0.29) is 29.7 Å². The molecule has 0 radical (unpaired) electrons. The Labute approximate surface area is 210 Å². The number of carbonyl (C=O) groups is 1. The van der Waals surface area contributed by atoms with Crippen molar-refractivity contribution in [3.05, 3.63) is 35.9 Å². The fourth-order valence-electron chi connectivity index (χ4n) is 4.77. The van der Waals surface area contributed by atoms with Gasteiger partial charge in [0.05, 0.1) is 11.7 Å². The molecule has 0 bridgehead atoms. The minimum atomic E-state index is -0.722. The first-order chi connectivity index (χ1) is 16.4. The van der Waals surface area contributed by atoms with Crippen LogP contribution in [0.3, 0.4) is 0 Å². The van der Waals surface area contributed by atoms with E-state index in [1.165, 1.54) is 57.8 Å². The number of ether oxygens (including phenoxy) is 4. The van der Waals surface area contributed by atoms with Crippen molar-refractivity contribution in [3.63, 3.8) is 0 Å². The fourth-order valence-corrected chi connectivity index (χ4v) is 6.02.